The van der Waals surface area contributed by atoms with Crippen LogP contribution < -0.4 is 5.32 Å². The Morgan fingerprint density at radius 2 is 1.84 bits per heavy atom. The lowest BCUT2D eigenvalue weighted by atomic mass is 9.98. The number of likely N-dealkylation sites (N-methyl/N-ethyl adjacent to an activating group) is 1. The molecule has 0 radical (unpaired) electrons. The molecule has 1 unspecified atom stereocenters. The molecule has 19 heavy (non-hydrogen) atoms. The van der Waals surface area contributed by atoms with Gasteiger partial charge in [0.2, 0.25) is 0 Å². The van der Waals surface area contributed by atoms with Gasteiger partial charge in [-0.1, -0.05) is 0 Å². The fourth-order valence-electron chi connectivity index (χ4n) is 1.80. The molecule has 0 aliphatic carbocycles. The number of nitrogens with one attached hydrogen (secondary N) is 1. The average Bonchev–Trinajstić information content (AvgIpc) is 2.35. The largest absolute Gasteiger partial charge is 0.465 e. The van der Waals surface area contributed by atoms with Crippen molar-refractivity contribution in [2.24, 2.45) is 0 Å². The molecule has 0 spiro atoms. The Morgan fingerprint density at radius 1 is 1.21 bits per heavy atom. The minimum atomic E-state index is -0.591. The normalized spacial score (nSPS) is 14.7. The van der Waals surface area contributed by atoms with E-state index in [1.807, 2.05) is 20.9 Å². The molecule has 1 N–H and O–H groups in total. The first-order chi connectivity index (χ1) is 8.85. The van der Waals surface area contributed by atoms with Gasteiger partial charge < -0.3 is 19.9 Å². The van der Waals surface area contributed by atoms with E-state index in [1.54, 1.807) is 0 Å². The van der Waals surface area contributed by atoms with Crippen LogP contribution in [0, 0.1) is 0 Å². The lowest BCUT2D eigenvalue weighted by Crippen LogP contribution is -2.50. The van der Waals surface area contributed by atoms with Gasteiger partial charge in [0.05, 0.1) is 6.61 Å². The standard InChI is InChI=1S/C14H31N3O2/c1-7-19-13(18)14(2,15-3)9-12-17(6)11-8-10-16(4)5/h15H,7-12H2,1-6H3. The number of hydrogen-bond acceptors (Lipinski definition) is 5. The molecule has 5 nitrogen and oxygen atoms in total. The highest BCUT2D eigenvalue weighted by Crippen LogP contribution is 2.12. The van der Waals surface area contributed by atoms with Crippen LogP contribution in [0.4, 0.5) is 0 Å². The zero-order valence-electron chi connectivity index (χ0n) is 13.5. The maximum absolute atomic E-state index is 11.9. The highest BCUT2D eigenvalue weighted by Gasteiger charge is 2.32. The van der Waals surface area contributed by atoms with Gasteiger partial charge in [-0.2, -0.15) is 0 Å². The second kappa shape index (κ2) is 9.28. The van der Waals surface area contributed by atoms with Crippen molar-refractivity contribution in [1.29, 1.82) is 0 Å². The van der Waals surface area contributed by atoms with Crippen LogP contribution in [-0.2, 0) is 9.53 Å². The molecule has 0 fully saturated rings. The van der Waals surface area contributed by atoms with Crippen LogP contribution in [-0.4, -0.2) is 75.7 Å². The van der Waals surface area contributed by atoms with E-state index in [9.17, 15) is 4.79 Å². The molecule has 114 valence electrons. The summed E-state index contributed by atoms with van der Waals surface area (Å²) in [6.07, 6.45) is 1.89. The number of carbonyl (C=O) groups excluding carboxylic acids is 1. The molecular formula is C14H31N3O2. The maximum atomic E-state index is 11.9. The summed E-state index contributed by atoms with van der Waals surface area (Å²) < 4.78 is 5.12. The first-order valence-corrected chi connectivity index (χ1v) is 7.05. The monoisotopic (exact) mass is 273 g/mol. The van der Waals surface area contributed by atoms with Crippen molar-refractivity contribution >= 4 is 5.97 Å². The first-order valence-electron chi connectivity index (χ1n) is 7.05. The van der Waals surface area contributed by atoms with E-state index < -0.39 is 5.54 Å². The summed E-state index contributed by atoms with van der Waals surface area (Å²) in [4.78, 5) is 16.3. The molecule has 0 bridgehead atoms. The second-order valence-corrected chi connectivity index (χ2v) is 5.51. The highest BCUT2D eigenvalue weighted by molar-refractivity contribution is 5.80. The number of esters is 1. The lowest BCUT2D eigenvalue weighted by Gasteiger charge is -2.29. The van der Waals surface area contributed by atoms with Gasteiger partial charge >= 0.3 is 5.97 Å². The van der Waals surface area contributed by atoms with Gasteiger partial charge in [-0.15, -0.1) is 0 Å². The van der Waals surface area contributed by atoms with Gasteiger partial charge in [0.15, 0.2) is 0 Å². The Labute approximate surface area is 118 Å². The van der Waals surface area contributed by atoms with Gasteiger partial charge in [0, 0.05) is 6.54 Å². The Hall–Kier alpha value is -0.650. The minimum Gasteiger partial charge on any atom is -0.465 e. The molecule has 1 atom stereocenters. The summed E-state index contributed by atoms with van der Waals surface area (Å²) in [7, 11) is 8.07. The Kier molecular flexibility index (Phi) is 8.97. The van der Waals surface area contributed by atoms with E-state index in [-0.39, 0.29) is 5.97 Å². The van der Waals surface area contributed by atoms with Gasteiger partial charge in [0.1, 0.15) is 5.54 Å². The van der Waals surface area contributed by atoms with E-state index in [0.717, 1.165) is 32.5 Å². The maximum Gasteiger partial charge on any atom is 0.326 e. The first kappa shape index (κ1) is 18.4. The van der Waals surface area contributed by atoms with Gasteiger partial charge in [-0.05, 0) is 68.0 Å². The van der Waals surface area contributed by atoms with Crippen molar-refractivity contribution in [3.63, 3.8) is 0 Å². The van der Waals surface area contributed by atoms with Crippen molar-refractivity contribution < 1.29 is 9.53 Å². The van der Waals surface area contributed by atoms with Crippen molar-refractivity contribution in [1.82, 2.24) is 15.1 Å². The molecule has 0 aromatic rings. The quantitative estimate of drug-likeness (QED) is 0.597. The van der Waals surface area contributed by atoms with Gasteiger partial charge in [-0.25, -0.2) is 0 Å². The molecular weight excluding hydrogens is 242 g/mol. The van der Waals surface area contributed by atoms with E-state index in [1.165, 1.54) is 0 Å². The van der Waals surface area contributed by atoms with Crippen LogP contribution in [0.15, 0.2) is 0 Å². The zero-order chi connectivity index (χ0) is 14.9. The van der Waals surface area contributed by atoms with Crippen molar-refractivity contribution in [2.45, 2.75) is 32.2 Å². The van der Waals surface area contributed by atoms with Crippen LogP contribution in [0.5, 0.6) is 0 Å². The Balaban J connectivity index is 4.08. The minimum absolute atomic E-state index is 0.167. The zero-order valence-corrected chi connectivity index (χ0v) is 13.5. The molecule has 0 saturated heterocycles. The number of ether oxygens (including phenoxy) is 1. The van der Waals surface area contributed by atoms with Crippen LogP contribution in [0.25, 0.3) is 0 Å². The van der Waals surface area contributed by atoms with Gasteiger partial charge in [-0.3, -0.25) is 4.79 Å². The number of hydrogen-bond donors (Lipinski definition) is 1. The van der Waals surface area contributed by atoms with Crippen LogP contribution in [0.1, 0.15) is 26.7 Å². The third kappa shape index (κ3) is 7.50. The third-order valence-corrected chi connectivity index (χ3v) is 3.42. The number of carbonyl (C=O) groups is 1. The predicted octanol–water partition coefficient (Wildman–Crippen LogP) is 0.801. The molecule has 0 amide bonds. The van der Waals surface area contributed by atoms with E-state index in [2.05, 4.69) is 36.3 Å². The van der Waals surface area contributed by atoms with Crippen LogP contribution >= 0.6 is 0 Å². The molecule has 0 rings (SSSR count). The third-order valence-electron chi connectivity index (χ3n) is 3.42. The van der Waals surface area contributed by atoms with E-state index in [4.69, 9.17) is 4.74 Å². The molecule has 0 saturated carbocycles. The highest BCUT2D eigenvalue weighted by atomic mass is 16.5. The summed E-state index contributed by atoms with van der Waals surface area (Å²) >= 11 is 0. The Morgan fingerprint density at radius 3 is 2.32 bits per heavy atom. The smallest absolute Gasteiger partial charge is 0.326 e. The average molecular weight is 273 g/mol. The van der Waals surface area contributed by atoms with Crippen molar-refractivity contribution in [3.8, 4) is 0 Å². The second-order valence-electron chi connectivity index (χ2n) is 5.51. The molecule has 5 heteroatoms. The SMILES string of the molecule is CCOC(=O)C(C)(CCN(C)CCCN(C)C)NC. The topological polar surface area (TPSA) is 44.8 Å². The summed E-state index contributed by atoms with van der Waals surface area (Å²) in [5, 5.41) is 3.08. The van der Waals surface area contributed by atoms with Crippen molar-refractivity contribution in [2.75, 3.05) is 54.4 Å². The summed E-state index contributed by atoms with van der Waals surface area (Å²) in [5.41, 5.74) is -0.591. The summed E-state index contributed by atoms with van der Waals surface area (Å²) in [5.74, 6) is -0.167. The Bertz CT molecular complexity index is 259. The lowest BCUT2D eigenvalue weighted by molar-refractivity contribution is -0.150. The fraction of sp³-hybridized carbons (Fsp3) is 0.929. The summed E-state index contributed by atoms with van der Waals surface area (Å²) in [6, 6.07) is 0. The van der Waals surface area contributed by atoms with E-state index in [0.29, 0.717) is 6.61 Å². The van der Waals surface area contributed by atoms with Gasteiger partial charge in [0.25, 0.3) is 0 Å². The predicted molar refractivity (Wildman–Crippen MR) is 79.4 cm³/mol. The van der Waals surface area contributed by atoms with Crippen LogP contribution in [0.2, 0.25) is 0 Å². The van der Waals surface area contributed by atoms with Crippen molar-refractivity contribution in [3.05, 3.63) is 0 Å². The molecule has 0 aliphatic rings. The molecule has 0 aromatic heterocycles. The molecule has 0 aromatic carbocycles. The number of nitrogens with zero attached hydrogens (tertiary/aromatic N) is 2. The fourth-order valence-corrected chi connectivity index (χ4v) is 1.80. The summed E-state index contributed by atoms with van der Waals surface area (Å²) in [6.45, 7) is 7.17. The molecule has 0 aliphatic heterocycles. The van der Waals surface area contributed by atoms with E-state index >= 15 is 0 Å². The van der Waals surface area contributed by atoms with Crippen LogP contribution in [0.3, 0.4) is 0 Å². The molecule has 0 heterocycles. The number of rotatable bonds is 10.